The number of nitrogens with zero attached hydrogens (tertiary/aromatic N) is 2. The van der Waals surface area contributed by atoms with Crippen molar-refractivity contribution in [2.45, 2.75) is 38.1 Å². The smallest absolute Gasteiger partial charge is 0.135 e. The van der Waals surface area contributed by atoms with Crippen LogP contribution >= 0.6 is 23.2 Å². The molecule has 0 aromatic carbocycles. The zero-order chi connectivity index (χ0) is 14.7. The first-order valence-electron chi connectivity index (χ1n) is 8.02. The number of halogens is 2. The molecule has 1 atom stereocenters. The summed E-state index contributed by atoms with van der Waals surface area (Å²) in [6.07, 6.45) is 6.65. The Labute approximate surface area is 137 Å². The number of rotatable bonds is 3. The van der Waals surface area contributed by atoms with Crippen LogP contribution < -0.4 is 5.32 Å². The van der Waals surface area contributed by atoms with Crippen molar-refractivity contribution < 1.29 is 0 Å². The van der Waals surface area contributed by atoms with Crippen molar-refractivity contribution in [3.8, 4) is 0 Å². The van der Waals surface area contributed by atoms with Crippen molar-refractivity contribution in [2.24, 2.45) is 5.92 Å². The number of hydrogen-bond acceptors (Lipinski definition) is 3. The van der Waals surface area contributed by atoms with Crippen LogP contribution in [0.25, 0.3) is 0 Å². The van der Waals surface area contributed by atoms with Crippen LogP contribution in [-0.2, 0) is 0 Å². The largest absolute Gasteiger partial charge is 0.314 e. The minimum absolute atomic E-state index is 0.393. The molecule has 2 heterocycles. The van der Waals surface area contributed by atoms with E-state index in [0.29, 0.717) is 22.3 Å². The van der Waals surface area contributed by atoms with Crippen LogP contribution in [0.2, 0.25) is 10.3 Å². The second-order valence-electron chi connectivity index (χ2n) is 6.14. The van der Waals surface area contributed by atoms with Crippen LogP contribution in [0.4, 0.5) is 0 Å². The number of pyridine rings is 1. The molecule has 116 valence electrons. The first-order valence-corrected chi connectivity index (χ1v) is 8.78. The number of aromatic nitrogens is 1. The third-order valence-electron chi connectivity index (χ3n) is 4.80. The van der Waals surface area contributed by atoms with Crippen molar-refractivity contribution in [3.63, 3.8) is 0 Å². The normalized spacial score (nSPS) is 23.1. The van der Waals surface area contributed by atoms with E-state index in [9.17, 15) is 0 Å². The predicted octanol–water partition coefficient (Wildman–Crippen LogP) is 3.92. The van der Waals surface area contributed by atoms with Crippen molar-refractivity contribution >= 4 is 23.2 Å². The highest BCUT2D eigenvalue weighted by Gasteiger charge is 2.32. The van der Waals surface area contributed by atoms with Gasteiger partial charge in [-0.3, -0.25) is 4.90 Å². The molecule has 21 heavy (non-hydrogen) atoms. The fourth-order valence-corrected chi connectivity index (χ4v) is 4.26. The standard InChI is InChI=1S/C16H23Cl2N3/c17-14-7-6-13(16(18)20-14)15(12-4-2-1-3-5-12)21-10-8-19-9-11-21/h6-7,12,15,19H,1-5,8-11H2/t15-/m1/s1. The van der Waals surface area contributed by atoms with Crippen LogP contribution in [0.5, 0.6) is 0 Å². The maximum atomic E-state index is 6.42. The molecular weight excluding hydrogens is 305 g/mol. The molecule has 0 spiro atoms. The Hall–Kier alpha value is -0.350. The minimum Gasteiger partial charge on any atom is -0.314 e. The Kier molecular flexibility index (Phi) is 5.38. The summed E-state index contributed by atoms with van der Waals surface area (Å²) in [5.41, 5.74) is 1.16. The van der Waals surface area contributed by atoms with E-state index < -0.39 is 0 Å². The highest BCUT2D eigenvalue weighted by Crippen LogP contribution is 2.40. The molecule has 2 fully saturated rings. The molecule has 0 amide bonds. The molecule has 1 N–H and O–H groups in total. The summed E-state index contributed by atoms with van der Waals surface area (Å²) < 4.78 is 0. The van der Waals surface area contributed by atoms with Crippen LogP contribution in [0.1, 0.15) is 43.7 Å². The van der Waals surface area contributed by atoms with Gasteiger partial charge in [0.05, 0.1) is 0 Å². The predicted molar refractivity (Wildman–Crippen MR) is 88.0 cm³/mol. The maximum absolute atomic E-state index is 6.42. The van der Waals surface area contributed by atoms with E-state index in [0.717, 1.165) is 31.7 Å². The monoisotopic (exact) mass is 327 g/mol. The van der Waals surface area contributed by atoms with Gasteiger partial charge in [-0.05, 0) is 24.8 Å². The second-order valence-corrected chi connectivity index (χ2v) is 6.89. The van der Waals surface area contributed by atoms with Gasteiger partial charge in [-0.1, -0.05) is 48.5 Å². The van der Waals surface area contributed by atoms with E-state index in [1.807, 2.05) is 6.07 Å². The summed E-state index contributed by atoms with van der Waals surface area (Å²) in [5.74, 6) is 0.692. The lowest BCUT2D eigenvalue weighted by Crippen LogP contribution is -2.47. The summed E-state index contributed by atoms with van der Waals surface area (Å²) in [6, 6.07) is 4.35. The first-order chi connectivity index (χ1) is 10.3. The van der Waals surface area contributed by atoms with Gasteiger partial charge >= 0.3 is 0 Å². The Morgan fingerprint density at radius 3 is 2.48 bits per heavy atom. The van der Waals surface area contributed by atoms with Gasteiger partial charge in [-0.2, -0.15) is 0 Å². The van der Waals surface area contributed by atoms with Gasteiger partial charge in [0.25, 0.3) is 0 Å². The fraction of sp³-hybridized carbons (Fsp3) is 0.688. The average molecular weight is 328 g/mol. The van der Waals surface area contributed by atoms with Gasteiger partial charge < -0.3 is 5.32 Å². The minimum atomic E-state index is 0.393. The third kappa shape index (κ3) is 3.70. The molecule has 3 nitrogen and oxygen atoms in total. The SMILES string of the molecule is Clc1ccc([C@@H](C2CCCCC2)N2CCNCC2)c(Cl)n1. The number of piperazine rings is 1. The Balaban J connectivity index is 1.89. The Morgan fingerprint density at radius 1 is 1.10 bits per heavy atom. The van der Waals surface area contributed by atoms with Crippen molar-refractivity contribution in [3.05, 3.63) is 28.0 Å². The van der Waals surface area contributed by atoms with Crippen LogP contribution in [-0.4, -0.2) is 36.1 Å². The second kappa shape index (κ2) is 7.28. The van der Waals surface area contributed by atoms with Gasteiger partial charge in [0.2, 0.25) is 0 Å². The quantitative estimate of drug-likeness (QED) is 0.853. The van der Waals surface area contributed by atoms with Crippen LogP contribution in [0.3, 0.4) is 0 Å². The van der Waals surface area contributed by atoms with Crippen molar-refractivity contribution in [1.29, 1.82) is 0 Å². The number of nitrogens with one attached hydrogen (secondary N) is 1. The molecule has 3 rings (SSSR count). The fourth-order valence-electron chi connectivity index (χ4n) is 3.80. The molecular formula is C16H23Cl2N3. The summed E-state index contributed by atoms with van der Waals surface area (Å²) in [6.45, 7) is 4.28. The average Bonchev–Trinajstić information content (AvgIpc) is 2.52. The highest BCUT2D eigenvalue weighted by atomic mass is 35.5. The van der Waals surface area contributed by atoms with E-state index in [2.05, 4.69) is 21.3 Å². The molecule has 5 heteroatoms. The van der Waals surface area contributed by atoms with Gasteiger partial charge in [-0.15, -0.1) is 0 Å². The van der Waals surface area contributed by atoms with Gasteiger partial charge in [0, 0.05) is 37.8 Å². The van der Waals surface area contributed by atoms with Crippen molar-refractivity contribution in [1.82, 2.24) is 15.2 Å². The van der Waals surface area contributed by atoms with Gasteiger partial charge in [0.1, 0.15) is 10.3 Å². The molecule has 1 saturated heterocycles. The molecule has 0 bridgehead atoms. The molecule has 1 aromatic heterocycles. The molecule has 1 aliphatic heterocycles. The zero-order valence-electron chi connectivity index (χ0n) is 12.3. The third-order valence-corrected chi connectivity index (χ3v) is 5.32. The topological polar surface area (TPSA) is 28.2 Å². The Morgan fingerprint density at radius 2 is 1.81 bits per heavy atom. The lowest BCUT2D eigenvalue weighted by Gasteiger charge is -2.41. The highest BCUT2D eigenvalue weighted by molar-refractivity contribution is 6.32. The molecule has 1 aromatic rings. The van der Waals surface area contributed by atoms with E-state index in [1.165, 1.54) is 32.1 Å². The van der Waals surface area contributed by atoms with Gasteiger partial charge in [0.15, 0.2) is 0 Å². The van der Waals surface area contributed by atoms with Crippen LogP contribution in [0, 0.1) is 5.92 Å². The summed E-state index contributed by atoms with van der Waals surface area (Å²) in [7, 11) is 0. The van der Waals surface area contributed by atoms with E-state index >= 15 is 0 Å². The first kappa shape index (κ1) is 15.5. The number of hydrogen-bond donors (Lipinski definition) is 1. The lowest BCUT2D eigenvalue weighted by molar-refractivity contribution is 0.103. The molecule has 0 radical (unpaired) electrons. The summed E-state index contributed by atoms with van der Waals surface area (Å²) in [5, 5.41) is 4.49. The van der Waals surface area contributed by atoms with Crippen LogP contribution in [0.15, 0.2) is 12.1 Å². The maximum Gasteiger partial charge on any atom is 0.135 e. The zero-order valence-corrected chi connectivity index (χ0v) is 13.8. The molecule has 2 aliphatic rings. The van der Waals surface area contributed by atoms with E-state index in [4.69, 9.17) is 23.2 Å². The van der Waals surface area contributed by atoms with Crippen molar-refractivity contribution in [2.75, 3.05) is 26.2 Å². The van der Waals surface area contributed by atoms with E-state index in [1.54, 1.807) is 0 Å². The van der Waals surface area contributed by atoms with Gasteiger partial charge in [-0.25, -0.2) is 4.98 Å². The molecule has 1 saturated carbocycles. The molecule has 0 unspecified atom stereocenters. The lowest BCUT2D eigenvalue weighted by atomic mass is 9.80. The molecule has 1 aliphatic carbocycles. The Bertz CT molecular complexity index is 451. The summed E-state index contributed by atoms with van der Waals surface area (Å²) in [4.78, 5) is 6.86. The van der Waals surface area contributed by atoms with E-state index in [-0.39, 0.29) is 0 Å². The summed E-state index contributed by atoms with van der Waals surface area (Å²) >= 11 is 12.4.